The van der Waals surface area contributed by atoms with Crippen LogP contribution < -0.4 is 10.7 Å². The van der Waals surface area contributed by atoms with Gasteiger partial charge in [0.1, 0.15) is 0 Å². The lowest BCUT2D eigenvalue weighted by Gasteiger charge is -2.21. The molecule has 0 fully saturated rings. The average molecular weight is 426 g/mol. The summed E-state index contributed by atoms with van der Waals surface area (Å²) in [6.45, 7) is 4.12. The Balaban J connectivity index is 1.77. The monoisotopic (exact) mass is 425 g/mol. The number of aryl methyl sites for hydroxylation is 2. The standard InChI is InChI=1S/C20H19ClF3N3S/c1-11-8-12(2)14-4-3-5-17(15(14)9-11)26-27-19(28)25-18-10-13(20(22,23)24)6-7-16(18)21/h6-10H,3-5H2,1-2H3,(H2,25,27,28)/b26-17+. The Morgan fingerprint density at radius 2 is 1.89 bits per heavy atom. The molecule has 2 N–H and O–H groups in total. The second kappa shape index (κ2) is 8.09. The second-order valence-electron chi connectivity index (χ2n) is 6.78. The molecule has 3 rings (SSSR count). The van der Waals surface area contributed by atoms with Crippen LogP contribution in [0.3, 0.4) is 0 Å². The number of rotatable bonds is 2. The van der Waals surface area contributed by atoms with Gasteiger partial charge in [-0.05, 0) is 80.7 Å². The van der Waals surface area contributed by atoms with Crippen LogP contribution in [0.2, 0.25) is 5.02 Å². The number of nitrogens with one attached hydrogen (secondary N) is 2. The van der Waals surface area contributed by atoms with E-state index in [1.807, 2.05) is 6.92 Å². The molecule has 0 unspecified atom stereocenters. The van der Waals surface area contributed by atoms with E-state index in [1.165, 1.54) is 17.2 Å². The summed E-state index contributed by atoms with van der Waals surface area (Å²) in [5, 5.41) is 7.30. The zero-order chi connectivity index (χ0) is 20.5. The van der Waals surface area contributed by atoms with Gasteiger partial charge in [0.05, 0.1) is 22.0 Å². The fourth-order valence-corrected chi connectivity index (χ4v) is 3.66. The minimum atomic E-state index is -4.46. The summed E-state index contributed by atoms with van der Waals surface area (Å²) in [6.07, 6.45) is -1.67. The molecule has 2 aromatic rings. The summed E-state index contributed by atoms with van der Waals surface area (Å²) >= 11 is 11.2. The van der Waals surface area contributed by atoms with E-state index >= 15 is 0 Å². The number of hydrazone groups is 1. The Kier molecular flexibility index (Phi) is 5.95. The maximum Gasteiger partial charge on any atom is 0.416 e. The van der Waals surface area contributed by atoms with E-state index in [9.17, 15) is 13.2 Å². The first kappa shape index (κ1) is 20.6. The predicted octanol–water partition coefficient (Wildman–Crippen LogP) is 6.00. The molecule has 148 valence electrons. The van der Waals surface area contributed by atoms with Crippen molar-refractivity contribution in [2.45, 2.75) is 39.3 Å². The van der Waals surface area contributed by atoms with Gasteiger partial charge >= 0.3 is 6.18 Å². The van der Waals surface area contributed by atoms with E-state index in [0.717, 1.165) is 48.2 Å². The third-order valence-electron chi connectivity index (χ3n) is 4.60. The number of alkyl halides is 3. The summed E-state index contributed by atoms with van der Waals surface area (Å²) in [5.41, 5.74) is 7.64. The molecule has 0 saturated heterocycles. The Morgan fingerprint density at radius 3 is 2.61 bits per heavy atom. The number of hydrogen-bond donors (Lipinski definition) is 2. The molecule has 1 aliphatic rings. The van der Waals surface area contributed by atoms with E-state index in [0.29, 0.717) is 0 Å². The highest BCUT2D eigenvalue weighted by molar-refractivity contribution is 7.80. The smallest absolute Gasteiger partial charge is 0.330 e. The van der Waals surface area contributed by atoms with Crippen LogP contribution >= 0.6 is 23.8 Å². The molecule has 0 amide bonds. The topological polar surface area (TPSA) is 36.4 Å². The van der Waals surface area contributed by atoms with Gasteiger partial charge in [-0.3, -0.25) is 5.43 Å². The first-order chi connectivity index (χ1) is 13.1. The normalized spacial score (nSPS) is 15.3. The minimum Gasteiger partial charge on any atom is -0.330 e. The summed E-state index contributed by atoms with van der Waals surface area (Å²) in [4.78, 5) is 0. The van der Waals surface area contributed by atoms with Crippen LogP contribution in [-0.4, -0.2) is 10.8 Å². The maximum absolute atomic E-state index is 12.9. The van der Waals surface area contributed by atoms with Gasteiger partial charge < -0.3 is 5.32 Å². The largest absolute Gasteiger partial charge is 0.416 e. The zero-order valence-electron chi connectivity index (χ0n) is 15.4. The van der Waals surface area contributed by atoms with Crippen LogP contribution in [0.4, 0.5) is 18.9 Å². The van der Waals surface area contributed by atoms with E-state index in [1.54, 1.807) is 0 Å². The van der Waals surface area contributed by atoms with Crippen molar-refractivity contribution in [3.63, 3.8) is 0 Å². The van der Waals surface area contributed by atoms with Crippen LogP contribution in [0.5, 0.6) is 0 Å². The lowest BCUT2D eigenvalue weighted by atomic mass is 9.86. The van der Waals surface area contributed by atoms with Gasteiger partial charge in [-0.2, -0.15) is 18.3 Å². The molecule has 28 heavy (non-hydrogen) atoms. The van der Waals surface area contributed by atoms with Crippen LogP contribution in [0.15, 0.2) is 35.4 Å². The molecule has 0 bridgehead atoms. The fourth-order valence-electron chi connectivity index (χ4n) is 3.34. The molecular weight excluding hydrogens is 407 g/mol. The van der Waals surface area contributed by atoms with E-state index in [-0.39, 0.29) is 15.8 Å². The van der Waals surface area contributed by atoms with Gasteiger partial charge in [-0.15, -0.1) is 0 Å². The van der Waals surface area contributed by atoms with Crippen LogP contribution in [0.25, 0.3) is 0 Å². The molecule has 3 nitrogen and oxygen atoms in total. The van der Waals surface area contributed by atoms with Crippen molar-refractivity contribution in [3.8, 4) is 0 Å². The minimum absolute atomic E-state index is 0.0740. The predicted molar refractivity (Wildman–Crippen MR) is 111 cm³/mol. The number of hydrogen-bond acceptors (Lipinski definition) is 2. The molecule has 0 radical (unpaired) electrons. The molecule has 1 aliphatic carbocycles. The molecule has 8 heteroatoms. The molecule has 0 spiro atoms. The van der Waals surface area contributed by atoms with Crippen molar-refractivity contribution in [3.05, 3.63) is 63.2 Å². The van der Waals surface area contributed by atoms with Crippen molar-refractivity contribution >= 4 is 40.3 Å². The van der Waals surface area contributed by atoms with Gasteiger partial charge in [-0.25, -0.2) is 0 Å². The number of benzene rings is 2. The molecule has 0 heterocycles. The third kappa shape index (κ3) is 4.64. The van der Waals surface area contributed by atoms with Crippen molar-refractivity contribution in [2.24, 2.45) is 5.10 Å². The molecule has 0 saturated carbocycles. The zero-order valence-corrected chi connectivity index (χ0v) is 16.9. The molecule has 0 aliphatic heterocycles. The molecule has 0 atom stereocenters. The first-order valence-corrected chi connectivity index (χ1v) is 9.54. The number of halogens is 4. The maximum atomic E-state index is 12.9. The van der Waals surface area contributed by atoms with Gasteiger partial charge in [0.2, 0.25) is 0 Å². The van der Waals surface area contributed by atoms with Crippen LogP contribution in [-0.2, 0) is 12.6 Å². The summed E-state index contributed by atoms with van der Waals surface area (Å²) in [7, 11) is 0. The summed E-state index contributed by atoms with van der Waals surface area (Å²) < 4.78 is 38.7. The Morgan fingerprint density at radius 1 is 1.14 bits per heavy atom. The Hall–Kier alpha value is -2.12. The lowest BCUT2D eigenvalue weighted by Crippen LogP contribution is -2.27. The number of thiocarbonyl (C=S) groups is 1. The first-order valence-electron chi connectivity index (χ1n) is 8.76. The SMILES string of the molecule is Cc1cc(C)c2c(c1)/C(=N/NC(=S)Nc1cc(C(F)(F)F)ccc1Cl)CCC2. The number of fused-ring (bicyclic) bond motifs is 1. The molecule has 0 aromatic heterocycles. The highest BCUT2D eigenvalue weighted by Gasteiger charge is 2.31. The number of nitrogens with zero attached hydrogens (tertiary/aromatic N) is 1. The van der Waals surface area contributed by atoms with Crippen molar-refractivity contribution in [1.29, 1.82) is 0 Å². The van der Waals surface area contributed by atoms with E-state index in [2.05, 4.69) is 34.9 Å². The van der Waals surface area contributed by atoms with Crippen molar-refractivity contribution < 1.29 is 13.2 Å². The molecule has 2 aromatic carbocycles. The Bertz CT molecular complexity index is 954. The highest BCUT2D eigenvalue weighted by atomic mass is 35.5. The van der Waals surface area contributed by atoms with Crippen LogP contribution in [0.1, 0.15) is 40.7 Å². The Labute approximate surface area is 172 Å². The van der Waals surface area contributed by atoms with Crippen molar-refractivity contribution in [1.82, 2.24) is 5.43 Å². The van der Waals surface area contributed by atoms with Crippen LogP contribution in [0, 0.1) is 13.8 Å². The van der Waals surface area contributed by atoms with Gasteiger partial charge in [0, 0.05) is 5.56 Å². The molecular formula is C20H19ClF3N3S. The van der Waals surface area contributed by atoms with E-state index in [4.69, 9.17) is 23.8 Å². The van der Waals surface area contributed by atoms with E-state index < -0.39 is 11.7 Å². The third-order valence-corrected chi connectivity index (χ3v) is 5.13. The van der Waals surface area contributed by atoms with Gasteiger partial charge in [0.25, 0.3) is 0 Å². The average Bonchev–Trinajstić information content (AvgIpc) is 2.61. The van der Waals surface area contributed by atoms with Crippen molar-refractivity contribution in [2.75, 3.05) is 5.32 Å². The summed E-state index contributed by atoms with van der Waals surface area (Å²) in [5.74, 6) is 0. The quantitative estimate of drug-likeness (QED) is 0.457. The van der Waals surface area contributed by atoms with Gasteiger partial charge in [0.15, 0.2) is 5.11 Å². The van der Waals surface area contributed by atoms with Gasteiger partial charge in [-0.1, -0.05) is 23.2 Å². The number of anilines is 1. The summed E-state index contributed by atoms with van der Waals surface area (Å²) in [6, 6.07) is 7.28. The second-order valence-corrected chi connectivity index (χ2v) is 7.59. The highest BCUT2D eigenvalue weighted by Crippen LogP contribution is 2.33. The fraction of sp³-hybridized carbons (Fsp3) is 0.300. The lowest BCUT2D eigenvalue weighted by molar-refractivity contribution is -0.137.